The summed E-state index contributed by atoms with van der Waals surface area (Å²) in [5.41, 5.74) is 4.13. The van der Waals surface area contributed by atoms with Crippen LogP contribution in [0.5, 0.6) is 0 Å². The molecule has 0 fully saturated rings. The Kier molecular flexibility index (Phi) is 3.09. The molecule has 3 nitrogen and oxygen atoms in total. The van der Waals surface area contributed by atoms with Crippen LogP contribution in [0.3, 0.4) is 0 Å². The first kappa shape index (κ1) is 11.6. The molecule has 3 heteroatoms. The SMILES string of the molecule is Cc1cc(C)cc(CC(=O)c2cnn(C)c2)c1. The maximum absolute atomic E-state index is 12.0. The second kappa shape index (κ2) is 4.53. The van der Waals surface area contributed by atoms with Gasteiger partial charge in [0, 0.05) is 19.7 Å². The molecule has 0 saturated carbocycles. The van der Waals surface area contributed by atoms with Gasteiger partial charge >= 0.3 is 0 Å². The summed E-state index contributed by atoms with van der Waals surface area (Å²) in [6.07, 6.45) is 3.81. The van der Waals surface area contributed by atoms with Crippen LogP contribution in [-0.4, -0.2) is 15.6 Å². The molecule has 0 amide bonds. The summed E-state index contributed by atoms with van der Waals surface area (Å²) >= 11 is 0. The molecule has 0 saturated heterocycles. The van der Waals surface area contributed by atoms with Gasteiger partial charge in [-0.2, -0.15) is 5.10 Å². The van der Waals surface area contributed by atoms with Crippen LogP contribution < -0.4 is 0 Å². The number of ketones is 1. The van der Waals surface area contributed by atoms with Crippen LogP contribution in [-0.2, 0) is 13.5 Å². The normalized spacial score (nSPS) is 10.5. The van der Waals surface area contributed by atoms with E-state index < -0.39 is 0 Å². The number of rotatable bonds is 3. The first-order chi connectivity index (χ1) is 8.04. The second-order valence-electron chi connectivity index (χ2n) is 4.50. The van der Waals surface area contributed by atoms with E-state index in [1.165, 1.54) is 11.1 Å². The first-order valence-electron chi connectivity index (χ1n) is 5.63. The molecule has 1 heterocycles. The van der Waals surface area contributed by atoms with Crippen LogP contribution >= 0.6 is 0 Å². The molecule has 0 unspecified atom stereocenters. The van der Waals surface area contributed by atoms with E-state index in [0.717, 1.165) is 5.56 Å². The van der Waals surface area contributed by atoms with E-state index in [4.69, 9.17) is 0 Å². The fourth-order valence-corrected chi connectivity index (χ4v) is 2.02. The van der Waals surface area contributed by atoms with Crippen LogP contribution in [0.25, 0.3) is 0 Å². The van der Waals surface area contributed by atoms with Gasteiger partial charge in [-0.3, -0.25) is 9.48 Å². The summed E-state index contributed by atoms with van der Waals surface area (Å²) in [5.74, 6) is 0.114. The van der Waals surface area contributed by atoms with E-state index in [1.54, 1.807) is 17.1 Å². The number of nitrogens with zero attached hydrogens (tertiary/aromatic N) is 2. The summed E-state index contributed by atoms with van der Waals surface area (Å²) in [4.78, 5) is 12.0. The Morgan fingerprint density at radius 3 is 2.41 bits per heavy atom. The molecule has 0 aliphatic carbocycles. The van der Waals surface area contributed by atoms with Crippen LogP contribution in [0, 0.1) is 13.8 Å². The van der Waals surface area contributed by atoms with Crippen molar-refractivity contribution >= 4 is 5.78 Å². The highest BCUT2D eigenvalue weighted by atomic mass is 16.1. The molecule has 2 aromatic rings. The highest BCUT2D eigenvalue weighted by Crippen LogP contribution is 2.12. The molecule has 17 heavy (non-hydrogen) atoms. The lowest BCUT2D eigenvalue weighted by molar-refractivity contribution is 0.0993. The minimum Gasteiger partial charge on any atom is -0.294 e. The molecule has 88 valence electrons. The number of carbonyl (C=O) groups is 1. The van der Waals surface area contributed by atoms with Gasteiger partial charge in [-0.05, 0) is 19.4 Å². The molecule has 0 radical (unpaired) electrons. The quantitative estimate of drug-likeness (QED) is 0.756. The number of Topliss-reactive ketones (excluding diaryl/α,β-unsaturated/α-hetero) is 1. The van der Waals surface area contributed by atoms with Crippen molar-refractivity contribution in [3.8, 4) is 0 Å². The minimum absolute atomic E-state index is 0.114. The molecule has 0 spiro atoms. The van der Waals surface area contributed by atoms with Crippen LogP contribution in [0.1, 0.15) is 27.0 Å². The Labute approximate surface area is 101 Å². The molecule has 1 aromatic heterocycles. The maximum Gasteiger partial charge on any atom is 0.170 e. The zero-order chi connectivity index (χ0) is 12.4. The predicted molar refractivity (Wildman–Crippen MR) is 67.2 cm³/mol. The van der Waals surface area contributed by atoms with Gasteiger partial charge in [-0.1, -0.05) is 29.3 Å². The van der Waals surface area contributed by atoms with Gasteiger partial charge in [0.2, 0.25) is 0 Å². The number of aryl methyl sites for hydroxylation is 3. The predicted octanol–water partition coefficient (Wildman–Crippen LogP) is 2.46. The van der Waals surface area contributed by atoms with E-state index in [2.05, 4.69) is 23.3 Å². The first-order valence-corrected chi connectivity index (χ1v) is 5.63. The molecule has 0 bridgehead atoms. The molecule has 0 aliphatic rings. The highest BCUT2D eigenvalue weighted by Gasteiger charge is 2.09. The number of hydrogen-bond donors (Lipinski definition) is 0. The summed E-state index contributed by atoms with van der Waals surface area (Å²) in [6, 6.07) is 6.22. The van der Waals surface area contributed by atoms with Gasteiger partial charge in [-0.15, -0.1) is 0 Å². The second-order valence-corrected chi connectivity index (χ2v) is 4.50. The fourth-order valence-electron chi connectivity index (χ4n) is 2.02. The van der Waals surface area contributed by atoms with E-state index in [1.807, 2.05) is 20.9 Å². The largest absolute Gasteiger partial charge is 0.294 e. The summed E-state index contributed by atoms with van der Waals surface area (Å²) in [5, 5.41) is 4.01. The topological polar surface area (TPSA) is 34.9 Å². The highest BCUT2D eigenvalue weighted by molar-refractivity contribution is 5.97. The van der Waals surface area contributed by atoms with Crippen LogP contribution in [0.2, 0.25) is 0 Å². The summed E-state index contributed by atoms with van der Waals surface area (Å²) in [6.45, 7) is 4.09. The third kappa shape index (κ3) is 2.81. The van der Waals surface area contributed by atoms with Gasteiger partial charge in [0.1, 0.15) is 0 Å². The van der Waals surface area contributed by atoms with E-state index >= 15 is 0 Å². The zero-order valence-corrected chi connectivity index (χ0v) is 10.4. The lowest BCUT2D eigenvalue weighted by atomic mass is 10.0. The Balaban J connectivity index is 2.18. The van der Waals surface area contributed by atoms with Gasteiger partial charge in [0.15, 0.2) is 5.78 Å². The van der Waals surface area contributed by atoms with Crippen LogP contribution in [0.4, 0.5) is 0 Å². The van der Waals surface area contributed by atoms with Crippen molar-refractivity contribution in [1.82, 2.24) is 9.78 Å². The van der Waals surface area contributed by atoms with Gasteiger partial charge < -0.3 is 0 Å². The van der Waals surface area contributed by atoms with E-state index in [9.17, 15) is 4.79 Å². The number of carbonyl (C=O) groups excluding carboxylic acids is 1. The molecular formula is C14H16N2O. The van der Waals surface area contributed by atoms with Crippen molar-refractivity contribution in [2.45, 2.75) is 20.3 Å². The third-order valence-electron chi connectivity index (χ3n) is 2.67. The maximum atomic E-state index is 12.0. The minimum atomic E-state index is 0.114. The monoisotopic (exact) mass is 228 g/mol. The standard InChI is InChI=1S/C14H16N2O/c1-10-4-11(2)6-12(5-10)7-14(17)13-8-15-16(3)9-13/h4-6,8-9H,7H2,1-3H3. The van der Waals surface area contributed by atoms with Crippen molar-refractivity contribution in [2.24, 2.45) is 7.05 Å². The molecule has 0 atom stereocenters. The van der Waals surface area contributed by atoms with Crippen molar-refractivity contribution in [2.75, 3.05) is 0 Å². The Morgan fingerprint density at radius 1 is 1.24 bits per heavy atom. The van der Waals surface area contributed by atoms with Gasteiger partial charge in [0.05, 0.1) is 11.8 Å². The van der Waals surface area contributed by atoms with E-state index in [0.29, 0.717) is 12.0 Å². The van der Waals surface area contributed by atoms with Crippen molar-refractivity contribution in [3.63, 3.8) is 0 Å². The molecular weight excluding hydrogens is 212 g/mol. The van der Waals surface area contributed by atoms with Crippen molar-refractivity contribution in [3.05, 3.63) is 52.8 Å². The van der Waals surface area contributed by atoms with Crippen LogP contribution in [0.15, 0.2) is 30.6 Å². The number of benzene rings is 1. The fraction of sp³-hybridized carbons (Fsp3) is 0.286. The number of hydrogen-bond acceptors (Lipinski definition) is 2. The Bertz CT molecular complexity index is 535. The molecule has 2 rings (SSSR count). The summed E-state index contributed by atoms with van der Waals surface area (Å²) < 4.78 is 1.65. The Morgan fingerprint density at radius 2 is 1.88 bits per heavy atom. The third-order valence-corrected chi connectivity index (χ3v) is 2.67. The molecule has 0 N–H and O–H groups in total. The van der Waals surface area contributed by atoms with Crippen molar-refractivity contribution in [1.29, 1.82) is 0 Å². The van der Waals surface area contributed by atoms with Crippen molar-refractivity contribution < 1.29 is 4.79 Å². The van der Waals surface area contributed by atoms with Gasteiger partial charge in [-0.25, -0.2) is 0 Å². The van der Waals surface area contributed by atoms with E-state index in [-0.39, 0.29) is 5.78 Å². The summed E-state index contributed by atoms with van der Waals surface area (Å²) in [7, 11) is 1.81. The average Bonchev–Trinajstić information content (AvgIpc) is 2.63. The lowest BCUT2D eigenvalue weighted by Crippen LogP contribution is -2.03. The average molecular weight is 228 g/mol. The van der Waals surface area contributed by atoms with Gasteiger partial charge in [0.25, 0.3) is 0 Å². The molecule has 1 aromatic carbocycles. The smallest absolute Gasteiger partial charge is 0.170 e. The number of aromatic nitrogens is 2. The molecule has 0 aliphatic heterocycles. The Hall–Kier alpha value is -1.90. The zero-order valence-electron chi connectivity index (χ0n) is 10.4. The lowest BCUT2D eigenvalue weighted by Gasteiger charge is -2.03.